The van der Waals surface area contributed by atoms with E-state index in [2.05, 4.69) is 171 Å². The molecule has 0 unspecified atom stereocenters. The second kappa shape index (κ2) is 13.2. The van der Waals surface area contributed by atoms with Crippen molar-refractivity contribution in [2.45, 2.75) is 0 Å². The van der Waals surface area contributed by atoms with Crippen LogP contribution in [-0.4, -0.2) is 33.6 Å². The summed E-state index contributed by atoms with van der Waals surface area (Å²) in [7, 11) is 0. The van der Waals surface area contributed by atoms with Gasteiger partial charge in [0.1, 0.15) is 5.82 Å². The van der Waals surface area contributed by atoms with Crippen LogP contribution in [0.4, 0.5) is 0 Å². The Balaban J connectivity index is 1.28. The summed E-state index contributed by atoms with van der Waals surface area (Å²) in [4.78, 5) is 21.0. The Bertz CT molecular complexity index is 3460. The van der Waals surface area contributed by atoms with Crippen LogP contribution in [0.2, 0.25) is 0 Å². The second-order valence-corrected chi connectivity index (χ2v) is 14.7. The smallest absolute Gasteiger partial charge is 0.238 e. The minimum atomic E-state index is 0.548. The van der Waals surface area contributed by atoms with Crippen LogP contribution in [0.5, 0.6) is 0 Å². The molecule has 0 aliphatic carbocycles. The lowest BCUT2D eigenvalue weighted by Crippen LogP contribution is -2.07. The molecule has 0 aliphatic heterocycles. The average Bonchev–Trinajstić information content (AvgIpc) is 3.98. The van der Waals surface area contributed by atoms with Gasteiger partial charge in [-0.3, -0.25) is 9.13 Å². The summed E-state index contributed by atoms with van der Waals surface area (Å²) in [6.07, 6.45) is 0. The van der Waals surface area contributed by atoms with Crippen LogP contribution in [-0.2, 0) is 0 Å². The molecule has 0 amide bonds. The van der Waals surface area contributed by atoms with Crippen molar-refractivity contribution in [3.8, 4) is 51.5 Å². The molecule has 12 rings (SSSR count). The van der Waals surface area contributed by atoms with Crippen molar-refractivity contribution in [3.05, 3.63) is 200 Å². The third-order valence-electron chi connectivity index (χ3n) is 11.3. The fraction of sp³-hybridized carbons (Fsp3) is 0. The zero-order valence-electron chi connectivity index (χ0n) is 31.7. The number of benzene rings is 8. The van der Waals surface area contributed by atoms with Gasteiger partial charge in [0.05, 0.1) is 33.1 Å². The van der Waals surface area contributed by atoms with Gasteiger partial charge in [0.15, 0.2) is 11.6 Å². The molecule has 0 bridgehead atoms. The fourth-order valence-electron chi connectivity index (χ4n) is 8.76. The molecule has 0 radical (unpaired) electrons. The third-order valence-corrected chi connectivity index (χ3v) is 11.3. The van der Waals surface area contributed by atoms with Gasteiger partial charge >= 0.3 is 0 Å². The SMILES string of the molecule is c1ccc(-c2nc(-c3ccccc3)nc(-n3c4ccccc4c4ccc5c6c7c(ccc6n(-c6ccccc6)c5c43)nc(-c3ccccc3)n7-c3ccccc3)n2)cc1. The molecule has 4 heterocycles. The Kier molecular flexibility index (Phi) is 7.40. The van der Waals surface area contributed by atoms with Gasteiger partial charge in [0.2, 0.25) is 5.95 Å². The molecule has 0 aliphatic rings. The lowest BCUT2D eigenvalue weighted by Gasteiger charge is -2.13. The van der Waals surface area contributed by atoms with Crippen LogP contribution < -0.4 is 0 Å². The highest BCUT2D eigenvalue weighted by Crippen LogP contribution is 2.45. The highest BCUT2D eigenvalue weighted by atomic mass is 15.2. The monoisotopic (exact) mass is 755 g/mol. The Morgan fingerprint density at radius 3 is 1.44 bits per heavy atom. The molecule has 0 atom stereocenters. The minimum Gasteiger partial charge on any atom is -0.307 e. The van der Waals surface area contributed by atoms with E-state index in [1.165, 1.54) is 0 Å². The molecule has 4 aromatic heterocycles. The first-order valence-corrected chi connectivity index (χ1v) is 19.8. The van der Waals surface area contributed by atoms with Crippen molar-refractivity contribution in [3.63, 3.8) is 0 Å². The van der Waals surface area contributed by atoms with Gasteiger partial charge in [-0.15, -0.1) is 0 Å². The van der Waals surface area contributed by atoms with Crippen LogP contribution >= 0.6 is 0 Å². The van der Waals surface area contributed by atoms with E-state index < -0.39 is 0 Å². The summed E-state index contributed by atoms with van der Waals surface area (Å²) in [5.74, 6) is 2.66. The molecule has 0 spiro atoms. The lowest BCUT2D eigenvalue weighted by atomic mass is 10.1. The van der Waals surface area contributed by atoms with Crippen molar-refractivity contribution < 1.29 is 0 Å². The second-order valence-electron chi connectivity index (χ2n) is 14.7. The summed E-state index contributed by atoms with van der Waals surface area (Å²) >= 11 is 0. The molecule has 59 heavy (non-hydrogen) atoms. The summed E-state index contributed by atoms with van der Waals surface area (Å²) in [5, 5.41) is 4.43. The van der Waals surface area contributed by atoms with Gasteiger partial charge in [-0.2, -0.15) is 9.97 Å². The predicted octanol–water partition coefficient (Wildman–Crippen LogP) is 12.4. The molecule has 0 saturated carbocycles. The standard InChI is InChI=1S/C52H33N7/c1-6-18-34(19-7-1)49-54-50(35-20-8-2-9-21-35)56-52(55-49)59-43-29-17-16-28-39(43)40-30-31-41-45-44(57(47(41)46(40)59)37-24-12-4-13-25-37)33-32-42-48(45)58(38-26-14-5-15-27-38)51(53-42)36-22-10-3-11-23-36/h1-33H. The van der Waals surface area contributed by atoms with E-state index in [9.17, 15) is 0 Å². The van der Waals surface area contributed by atoms with Crippen LogP contribution in [0.25, 0.3) is 106 Å². The zero-order valence-corrected chi connectivity index (χ0v) is 31.7. The maximum atomic E-state index is 5.36. The number of para-hydroxylation sites is 3. The number of aromatic nitrogens is 7. The van der Waals surface area contributed by atoms with E-state index in [4.69, 9.17) is 19.9 Å². The maximum absolute atomic E-state index is 5.36. The lowest BCUT2D eigenvalue weighted by molar-refractivity contribution is 0.953. The van der Waals surface area contributed by atoms with Gasteiger partial charge in [-0.25, -0.2) is 9.97 Å². The van der Waals surface area contributed by atoms with E-state index in [-0.39, 0.29) is 0 Å². The van der Waals surface area contributed by atoms with Crippen molar-refractivity contribution in [2.75, 3.05) is 0 Å². The Hall–Kier alpha value is -8.16. The maximum Gasteiger partial charge on any atom is 0.238 e. The highest BCUT2D eigenvalue weighted by Gasteiger charge is 2.26. The topological polar surface area (TPSA) is 66.3 Å². The molecule has 7 nitrogen and oxygen atoms in total. The molecule has 0 fully saturated rings. The van der Waals surface area contributed by atoms with Crippen molar-refractivity contribution in [1.29, 1.82) is 0 Å². The Labute approximate surface area is 338 Å². The van der Waals surface area contributed by atoms with Gasteiger partial charge < -0.3 is 4.57 Å². The van der Waals surface area contributed by atoms with Crippen LogP contribution in [0.3, 0.4) is 0 Å². The van der Waals surface area contributed by atoms with Crippen molar-refractivity contribution in [2.24, 2.45) is 0 Å². The quantitative estimate of drug-likeness (QED) is 0.169. The van der Waals surface area contributed by atoms with Crippen molar-refractivity contribution >= 4 is 54.6 Å². The largest absolute Gasteiger partial charge is 0.307 e. The summed E-state index contributed by atoms with van der Waals surface area (Å²) in [6, 6.07) is 69.5. The molecule has 276 valence electrons. The zero-order chi connectivity index (χ0) is 38.9. The van der Waals surface area contributed by atoms with Gasteiger partial charge in [-0.05, 0) is 42.5 Å². The summed E-state index contributed by atoms with van der Waals surface area (Å²) in [6.45, 7) is 0. The number of nitrogens with zero attached hydrogens (tertiary/aromatic N) is 7. The van der Waals surface area contributed by atoms with Crippen molar-refractivity contribution in [1.82, 2.24) is 33.6 Å². The van der Waals surface area contributed by atoms with E-state index in [1.807, 2.05) is 42.5 Å². The molecule has 0 saturated heterocycles. The van der Waals surface area contributed by atoms with Gasteiger partial charge in [0, 0.05) is 49.6 Å². The molecular formula is C52H33N7. The normalized spacial score (nSPS) is 11.7. The summed E-state index contributed by atoms with van der Waals surface area (Å²) < 4.78 is 6.97. The molecule has 0 N–H and O–H groups in total. The van der Waals surface area contributed by atoms with Crippen LogP contribution in [0.1, 0.15) is 0 Å². The first-order valence-electron chi connectivity index (χ1n) is 19.8. The van der Waals surface area contributed by atoms with Crippen LogP contribution in [0, 0.1) is 0 Å². The first-order chi connectivity index (χ1) is 29.3. The number of hydrogen-bond donors (Lipinski definition) is 0. The molecule has 12 aromatic rings. The number of rotatable bonds is 6. The number of imidazole rings is 1. The first kappa shape index (κ1) is 33.0. The van der Waals surface area contributed by atoms with Gasteiger partial charge in [-0.1, -0.05) is 158 Å². The average molecular weight is 756 g/mol. The van der Waals surface area contributed by atoms with E-state index in [0.717, 1.165) is 88.5 Å². The Morgan fingerprint density at radius 2 is 0.814 bits per heavy atom. The van der Waals surface area contributed by atoms with Crippen LogP contribution in [0.15, 0.2) is 200 Å². The molecule has 7 heteroatoms. The predicted molar refractivity (Wildman–Crippen MR) is 239 cm³/mol. The number of hydrogen-bond acceptors (Lipinski definition) is 4. The van der Waals surface area contributed by atoms with Gasteiger partial charge in [0.25, 0.3) is 0 Å². The Morgan fingerprint density at radius 1 is 0.305 bits per heavy atom. The van der Waals surface area contributed by atoms with E-state index in [1.54, 1.807) is 0 Å². The summed E-state index contributed by atoms with van der Waals surface area (Å²) in [5.41, 5.74) is 11.1. The molecular weight excluding hydrogens is 723 g/mol. The fourth-order valence-corrected chi connectivity index (χ4v) is 8.76. The van der Waals surface area contributed by atoms with E-state index in [0.29, 0.717) is 17.6 Å². The molecule has 8 aromatic carbocycles. The third kappa shape index (κ3) is 5.15. The van der Waals surface area contributed by atoms with E-state index >= 15 is 0 Å². The minimum absolute atomic E-state index is 0.548. The number of fused-ring (bicyclic) bond motifs is 9. The highest BCUT2D eigenvalue weighted by molar-refractivity contribution is 6.28.